The Labute approximate surface area is 115 Å². The third kappa shape index (κ3) is 3.64. The molecule has 0 aromatic heterocycles. The van der Waals surface area contributed by atoms with E-state index in [9.17, 15) is 4.79 Å². The lowest BCUT2D eigenvalue weighted by Crippen LogP contribution is -2.32. The number of carbonyl (C=O) groups excluding carboxylic acids is 1. The molecule has 2 rings (SSSR count). The van der Waals surface area contributed by atoms with Gasteiger partial charge in [-0.1, -0.05) is 18.2 Å². The van der Waals surface area contributed by atoms with Crippen LogP contribution in [0.5, 0.6) is 0 Å². The molecule has 1 aliphatic carbocycles. The minimum atomic E-state index is 0. The average Bonchev–Trinajstić information content (AvgIpc) is 3.13. The summed E-state index contributed by atoms with van der Waals surface area (Å²) in [4.78, 5) is 14.0. The molecule has 0 unspecified atom stereocenters. The third-order valence-corrected chi connectivity index (χ3v) is 3.31. The van der Waals surface area contributed by atoms with Gasteiger partial charge in [-0.05, 0) is 37.8 Å². The summed E-state index contributed by atoms with van der Waals surface area (Å²) in [6.45, 7) is 2.88. The normalized spacial score (nSPS) is 13.8. The highest BCUT2D eigenvalue weighted by Crippen LogP contribution is 2.27. The van der Waals surface area contributed by atoms with Crippen LogP contribution in [0.15, 0.2) is 24.3 Å². The zero-order valence-corrected chi connectivity index (χ0v) is 11.6. The molecule has 4 heteroatoms. The van der Waals surface area contributed by atoms with Crippen molar-refractivity contribution in [1.82, 2.24) is 4.90 Å². The van der Waals surface area contributed by atoms with Crippen molar-refractivity contribution >= 4 is 24.0 Å². The quantitative estimate of drug-likeness (QED) is 0.835. The Hall–Kier alpha value is -1.22. The van der Waals surface area contributed by atoms with Gasteiger partial charge in [0.1, 0.15) is 0 Å². The first-order valence-corrected chi connectivity index (χ1v) is 6.35. The summed E-state index contributed by atoms with van der Waals surface area (Å²) in [5, 5.41) is 0. The number of nitrogens with zero attached hydrogens (tertiary/aromatic N) is 1. The Morgan fingerprint density at radius 3 is 2.61 bits per heavy atom. The Morgan fingerprint density at radius 2 is 2.06 bits per heavy atom. The molecule has 3 nitrogen and oxygen atoms in total. The second-order valence-electron chi connectivity index (χ2n) is 4.61. The fourth-order valence-corrected chi connectivity index (χ4v) is 2.17. The lowest BCUT2D eigenvalue weighted by atomic mass is 10.1. The number of aryl methyl sites for hydroxylation is 1. The molecule has 0 heterocycles. The molecule has 2 N–H and O–H groups in total. The van der Waals surface area contributed by atoms with Gasteiger partial charge in [0, 0.05) is 24.7 Å². The largest absolute Gasteiger partial charge is 0.399 e. The highest BCUT2D eigenvalue weighted by Gasteiger charge is 2.30. The molecule has 1 aliphatic rings. The van der Waals surface area contributed by atoms with Crippen molar-refractivity contribution in [2.45, 2.75) is 38.6 Å². The lowest BCUT2D eigenvalue weighted by molar-refractivity contribution is -0.131. The summed E-state index contributed by atoms with van der Waals surface area (Å²) < 4.78 is 0. The van der Waals surface area contributed by atoms with Crippen molar-refractivity contribution in [3.05, 3.63) is 29.8 Å². The van der Waals surface area contributed by atoms with Gasteiger partial charge in [-0.3, -0.25) is 4.79 Å². The monoisotopic (exact) mass is 268 g/mol. The maximum absolute atomic E-state index is 12.0. The number of hydrogen-bond acceptors (Lipinski definition) is 2. The molecular weight excluding hydrogens is 248 g/mol. The second-order valence-corrected chi connectivity index (χ2v) is 4.61. The van der Waals surface area contributed by atoms with Gasteiger partial charge >= 0.3 is 0 Å². The predicted octanol–water partition coefficient (Wildman–Crippen LogP) is 2.63. The fraction of sp³-hybridized carbons (Fsp3) is 0.500. The standard InChI is InChI=1S/C14H20N2O.ClH/c1-2-16(12-8-9-12)14(17)10-7-11-5-3-4-6-13(11)15;/h3-6,12H,2,7-10,15H2,1H3;1H. The van der Waals surface area contributed by atoms with Crippen LogP contribution in [-0.2, 0) is 11.2 Å². The van der Waals surface area contributed by atoms with Gasteiger partial charge < -0.3 is 10.6 Å². The van der Waals surface area contributed by atoms with E-state index in [1.807, 2.05) is 36.1 Å². The summed E-state index contributed by atoms with van der Waals surface area (Å²) >= 11 is 0. The number of nitrogen functional groups attached to an aromatic ring is 1. The average molecular weight is 269 g/mol. The second kappa shape index (κ2) is 6.64. The van der Waals surface area contributed by atoms with E-state index < -0.39 is 0 Å². The molecular formula is C14H21ClN2O. The van der Waals surface area contributed by atoms with Gasteiger partial charge in [-0.15, -0.1) is 12.4 Å². The molecule has 1 fully saturated rings. The Bertz CT molecular complexity index is 405. The topological polar surface area (TPSA) is 46.3 Å². The number of anilines is 1. The molecule has 0 radical (unpaired) electrons. The molecule has 1 saturated carbocycles. The molecule has 0 saturated heterocycles. The molecule has 0 atom stereocenters. The number of carbonyl (C=O) groups is 1. The first kappa shape index (κ1) is 14.8. The van der Waals surface area contributed by atoms with Crippen molar-refractivity contribution in [3.63, 3.8) is 0 Å². The Balaban J connectivity index is 0.00000162. The van der Waals surface area contributed by atoms with E-state index in [1.54, 1.807) is 0 Å². The van der Waals surface area contributed by atoms with E-state index in [0.717, 1.165) is 24.2 Å². The number of amides is 1. The predicted molar refractivity (Wildman–Crippen MR) is 76.8 cm³/mol. The third-order valence-electron chi connectivity index (χ3n) is 3.31. The SMILES string of the molecule is CCN(C(=O)CCc1ccccc1N)C1CC1.Cl. The van der Waals surface area contributed by atoms with Crippen LogP contribution in [0.3, 0.4) is 0 Å². The zero-order chi connectivity index (χ0) is 12.3. The summed E-state index contributed by atoms with van der Waals surface area (Å²) in [5.41, 5.74) is 7.73. The number of halogens is 1. The number of nitrogens with two attached hydrogens (primary N) is 1. The first-order valence-electron chi connectivity index (χ1n) is 6.35. The van der Waals surface area contributed by atoms with Crippen molar-refractivity contribution in [1.29, 1.82) is 0 Å². The van der Waals surface area contributed by atoms with Gasteiger partial charge in [0.25, 0.3) is 0 Å². The van der Waals surface area contributed by atoms with Crippen molar-refractivity contribution in [2.24, 2.45) is 0 Å². The van der Waals surface area contributed by atoms with E-state index in [1.165, 1.54) is 12.8 Å². The molecule has 1 aromatic carbocycles. The van der Waals surface area contributed by atoms with E-state index >= 15 is 0 Å². The molecule has 1 aromatic rings. The molecule has 0 spiro atoms. The van der Waals surface area contributed by atoms with Crippen LogP contribution in [0.25, 0.3) is 0 Å². The first-order chi connectivity index (χ1) is 8.22. The van der Waals surface area contributed by atoms with E-state index in [4.69, 9.17) is 5.73 Å². The van der Waals surface area contributed by atoms with Crippen LogP contribution in [0.1, 0.15) is 31.7 Å². The highest BCUT2D eigenvalue weighted by atomic mass is 35.5. The lowest BCUT2D eigenvalue weighted by Gasteiger charge is -2.20. The number of benzene rings is 1. The highest BCUT2D eigenvalue weighted by molar-refractivity contribution is 5.85. The molecule has 0 bridgehead atoms. The summed E-state index contributed by atoms with van der Waals surface area (Å²) in [6.07, 6.45) is 3.66. The minimum absolute atomic E-state index is 0. The molecule has 0 aliphatic heterocycles. The van der Waals surface area contributed by atoms with E-state index in [0.29, 0.717) is 12.5 Å². The Kier molecular flexibility index (Phi) is 5.48. The van der Waals surface area contributed by atoms with Gasteiger partial charge in [-0.2, -0.15) is 0 Å². The summed E-state index contributed by atoms with van der Waals surface area (Å²) in [7, 11) is 0. The van der Waals surface area contributed by atoms with Crippen LogP contribution in [0, 0.1) is 0 Å². The van der Waals surface area contributed by atoms with Gasteiger partial charge in [0.05, 0.1) is 0 Å². The number of para-hydroxylation sites is 1. The van der Waals surface area contributed by atoms with Crippen molar-refractivity contribution in [3.8, 4) is 0 Å². The van der Waals surface area contributed by atoms with Crippen LogP contribution < -0.4 is 5.73 Å². The molecule has 18 heavy (non-hydrogen) atoms. The van der Waals surface area contributed by atoms with E-state index in [-0.39, 0.29) is 18.3 Å². The van der Waals surface area contributed by atoms with Crippen molar-refractivity contribution < 1.29 is 4.79 Å². The van der Waals surface area contributed by atoms with Crippen LogP contribution >= 0.6 is 12.4 Å². The maximum Gasteiger partial charge on any atom is 0.223 e. The zero-order valence-electron chi connectivity index (χ0n) is 10.8. The maximum atomic E-state index is 12.0. The molecule has 100 valence electrons. The van der Waals surface area contributed by atoms with Crippen LogP contribution in [0.2, 0.25) is 0 Å². The van der Waals surface area contributed by atoms with Gasteiger partial charge in [0.2, 0.25) is 5.91 Å². The summed E-state index contributed by atoms with van der Waals surface area (Å²) in [5.74, 6) is 0.262. The minimum Gasteiger partial charge on any atom is -0.399 e. The number of rotatable bonds is 5. The summed E-state index contributed by atoms with van der Waals surface area (Å²) in [6, 6.07) is 8.28. The van der Waals surface area contributed by atoms with Gasteiger partial charge in [0.15, 0.2) is 0 Å². The number of hydrogen-bond donors (Lipinski definition) is 1. The van der Waals surface area contributed by atoms with Crippen LogP contribution in [-0.4, -0.2) is 23.4 Å². The van der Waals surface area contributed by atoms with E-state index in [2.05, 4.69) is 0 Å². The molecule has 1 amide bonds. The van der Waals surface area contributed by atoms with Gasteiger partial charge in [-0.25, -0.2) is 0 Å². The smallest absolute Gasteiger partial charge is 0.223 e. The Morgan fingerprint density at radius 1 is 1.39 bits per heavy atom. The fourth-order valence-electron chi connectivity index (χ4n) is 2.17. The van der Waals surface area contributed by atoms with Crippen LogP contribution in [0.4, 0.5) is 5.69 Å². The van der Waals surface area contributed by atoms with Crippen molar-refractivity contribution in [2.75, 3.05) is 12.3 Å².